The Morgan fingerprint density at radius 3 is 2.32 bits per heavy atom. The Morgan fingerprint density at radius 1 is 0.955 bits per heavy atom. The van der Waals surface area contributed by atoms with Gasteiger partial charge >= 0.3 is 0 Å². The number of nitrogens with zero attached hydrogens (tertiary/aromatic N) is 2. The Kier molecular flexibility index (Phi) is 7.76. The molecule has 0 saturated carbocycles. The SMILES string of the molecule is Cc1cc(O)cc(C)c1CC(N)(C(N)=O)[C@H](Cc1c[nH]c2ccccc12)c1nc(Cc2ccc(-c3ccccc3)cc2)no1. The summed E-state index contributed by atoms with van der Waals surface area (Å²) >= 11 is 0. The summed E-state index contributed by atoms with van der Waals surface area (Å²) in [5.41, 5.74) is 19.3. The number of carbonyl (C=O) groups excluding carboxylic acids is 1. The van der Waals surface area contributed by atoms with Gasteiger partial charge in [-0.15, -0.1) is 0 Å². The van der Waals surface area contributed by atoms with E-state index in [4.69, 9.17) is 21.0 Å². The summed E-state index contributed by atoms with van der Waals surface area (Å²) in [6.45, 7) is 3.76. The van der Waals surface area contributed by atoms with Crippen molar-refractivity contribution in [1.82, 2.24) is 15.1 Å². The molecule has 0 saturated heterocycles. The van der Waals surface area contributed by atoms with Crippen molar-refractivity contribution in [1.29, 1.82) is 0 Å². The molecular formula is C36H35N5O3. The number of nitrogens with one attached hydrogen (secondary N) is 1. The Labute approximate surface area is 255 Å². The van der Waals surface area contributed by atoms with Crippen LogP contribution in [0.5, 0.6) is 5.75 Å². The first-order chi connectivity index (χ1) is 21.2. The number of phenolic OH excluding ortho intramolecular Hbond substituents is 1. The second kappa shape index (κ2) is 11.8. The van der Waals surface area contributed by atoms with E-state index in [0.717, 1.165) is 49.8 Å². The number of nitrogens with two attached hydrogens (primary N) is 2. The molecule has 1 amide bonds. The fourth-order valence-electron chi connectivity index (χ4n) is 6.04. The van der Waals surface area contributed by atoms with E-state index in [-0.39, 0.29) is 18.1 Å². The summed E-state index contributed by atoms with van der Waals surface area (Å²) in [6.07, 6.45) is 2.84. The molecule has 8 nitrogen and oxygen atoms in total. The first-order valence-electron chi connectivity index (χ1n) is 14.6. The van der Waals surface area contributed by atoms with E-state index in [1.54, 1.807) is 12.1 Å². The molecule has 44 heavy (non-hydrogen) atoms. The molecule has 0 fully saturated rings. The lowest BCUT2D eigenvalue weighted by Gasteiger charge is -2.33. The third-order valence-corrected chi connectivity index (χ3v) is 8.53. The van der Waals surface area contributed by atoms with Gasteiger partial charge in [-0.05, 0) is 77.4 Å². The molecular weight excluding hydrogens is 550 g/mol. The molecule has 8 heteroatoms. The number of fused-ring (bicyclic) bond motifs is 1. The van der Waals surface area contributed by atoms with Crippen molar-refractivity contribution in [3.8, 4) is 16.9 Å². The topological polar surface area (TPSA) is 144 Å². The predicted octanol–water partition coefficient (Wildman–Crippen LogP) is 5.88. The summed E-state index contributed by atoms with van der Waals surface area (Å²) in [6, 6.07) is 29.7. The smallest absolute Gasteiger partial charge is 0.238 e. The van der Waals surface area contributed by atoms with Gasteiger partial charge < -0.3 is 26.1 Å². The van der Waals surface area contributed by atoms with Crippen molar-refractivity contribution < 1.29 is 14.4 Å². The number of benzene rings is 4. The van der Waals surface area contributed by atoms with Crippen LogP contribution in [0.1, 0.15) is 45.5 Å². The van der Waals surface area contributed by atoms with Crippen LogP contribution in [-0.4, -0.2) is 31.7 Å². The van der Waals surface area contributed by atoms with Crippen LogP contribution in [0.25, 0.3) is 22.0 Å². The van der Waals surface area contributed by atoms with E-state index in [1.165, 1.54) is 0 Å². The molecule has 0 spiro atoms. The van der Waals surface area contributed by atoms with Crippen molar-refractivity contribution in [3.05, 3.63) is 137 Å². The van der Waals surface area contributed by atoms with Gasteiger partial charge in [0.25, 0.3) is 0 Å². The highest BCUT2D eigenvalue weighted by molar-refractivity contribution is 5.87. The quantitative estimate of drug-likeness (QED) is 0.158. The molecule has 6 aromatic rings. The number of carbonyl (C=O) groups is 1. The first kappa shape index (κ1) is 28.9. The molecule has 2 heterocycles. The van der Waals surface area contributed by atoms with E-state index >= 15 is 0 Å². The number of aromatic amines is 1. The van der Waals surface area contributed by atoms with Gasteiger partial charge in [-0.1, -0.05) is 78.0 Å². The normalized spacial score (nSPS) is 13.5. The molecule has 2 atom stereocenters. The monoisotopic (exact) mass is 585 g/mol. The zero-order valence-corrected chi connectivity index (χ0v) is 24.7. The number of aryl methyl sites for hydroxylation is 2. The highest BCUT2D eigenvalue weighted by Gasteiger charge is 2.45. The van der Waals surface area contributed by atoms with Gasteiger partial charge in [0.15, 0.2) is 5.82 Å². The third-order valence-electron chi connectivity index (χ3n) is 8.53. The molecule has 2 aromatic heterocycles. The molecule has 6 N–H and O–H groups in total. The fourth-order valence-corrected chi connectivity index (χ4v) is 6.04. The predicted molar refractivity (Wildman–Crippen MR) is 171 cm³/mol. The Hall–Kier alpha value is -5.21. The van der Waals surface area contributed by atoms with Gasteiger partial charge in [0, 0.05) is 29.9 Å². The summed E-state index contributed by atoms with van der Waals surface area (Å²) in [5, 5.41) is 15.4. The molecule has 222 valence electrons. The summed E-state index contributed by atoms with van der Waals surface area (Å²) in [4.78, 5) is 21.4. The number of rotatable bonds is 10. The molecule has 0 radical (unpaired) electrons. The fraction of sp³-hybridized carbons (Fsp3) is 0.194. The number of H-pyrrole nitrogens is 1. The number of hydrogen-bond donors (Lipinski definition) is 4. The van der Waals surface area contributed by atoms with Gasteiger partial charge in [0.05, 0.1) is 5.92 Å². The van der Waals surface area contributed by atoms with Crippen LogP contribution in [0.15, 0.2) is 102 Å². The summed E-state index contributed by atoms with van der Waals surface area (Å²) < 4.78 is 5.87. The van der Waals surface area contributed by atoms with Crippen LogP contribution >= 0.6 is 0 Å². The van der Waals surface area contributed by atoms with Gasteiger partial charge in [-0.3, -0.25) is 4.79 Å². The minimum absolute atomic E-state index is 0.131. The number of phenols is 1. The van der Waals surface area contributed by atoms with E-state index in [1.807, 2.05) is 62.5 Å². The van der Waals surface area contributed by atoms with Crippen LogP contribution in [0.2, 0.25) is 0 Å². The van der Waals surface area contributed by atoms with Gasteiger partial charge in [-0.25, -0.2) is 0 Å². The maximum absolute atomic E-state index is 13.3. The Bertz CT molecular complexity index is 1900. The third kappa shape index (κ3) is 5.72. The van der Waals surface area contributed by atoms with E-state index in [2.05, 4.69) is 46.5 Å². The van der Waals surface area contributed by atoms with Crippen LogP contribution in [-0.2, 0) is 24.1 Å². The zero-order chi connectivity index (χ0) is 30.8. The lowest BCUT2D eigenvalue weighted by Crippen LogP contribution is -2.58. The molecule has 6 rings (SSSR count). The lowest BCUT2D eigenvalue weighted by atomic mass is 9.74. The number of aromatic nitrogens is 3. The lowest BCUT2D eigenvalue weighted by molar-refractivity contribution is -0.124. The Morgan fingerprint density at radius 2 is 1.61 bits per heavy atom. The van der Waals surface area contributed by atoms with Crippen molar-refractivity contribution in [2.75, 3.05) is 0 Å². The number of hydrogen-bond acceptors (Lipinski definition) is 6. The van der Waals surface area contributed by atoms with Crippen molar-refractivity contribution >= 4 is 16.8 Å². The average molecular weight is 586 g/mol. The van der Waals surface area contributed by atoms with Gasteiger partial charge in [0.1, 0.15) is 11.3 Å². The minimum atomic E-state index is -1.58. The van der Waals surface area contributed by atoms with Crippen LogP contribution in [0.3, 0.4) is 0 Å². The van der Waals surface area contributed by atoms with Crippen molar-refractivity contribution in [3.63, 3.8) is 0 Å². The van der Waals surface area contributed by atoms with E-state index < -0.39 is 17.4 Å². The number of primary amides is 1. The second-order valence-electron chi connectivity index (χ2n) is 11.5. The first-order valence-corrected chi connectivity index (χ1v) is 14.6. The zero-order valence-electron chi connectivity index (χ0n) is 24.7. The molecule has 4 aromatic carbocycles. The Balaban J connectivity index is 1.36. The van der Waals surface area contributed by atoms with Crippen molar-refractivity contribution in [2.24, 2.45) is 11.5 Å². The van der Waals surface area contributed by atoms with Crippen LogP contribution in [0, 0.1) is 13.8 Å². The average Bonchev–Trinajstić information content (AvgIpc) is 3.65. The maximum atomic E-state index is 13.3. The number of amides is 1. The molecule has 0 aliphatic heterocycles. The molecule has 0 aliphatic carbocycles. The maximum Gasteiger partial charge on any atom is 0.238 e. The highest BCUT2D eigenvalue weighted by atomic mass is 16.5. The molecule has 0 aliphatic rings. The van der Waals surface area contributed by atoms with Crippen LogP contribution in [0.4, 0.5) is 0 Å². The number of aromatic hydroxyl groups is 1. The largest absolute Gasteiger partial charge is 0.508 e. The van der Waals surface area contributed by atoms with E-state index in [0.29, 0.717) is 18.7 Å². The molecule has 1 unspecified atom stereocenters. The summed E-state index contributed by atoms with van der Waals surface area (Å²) in [7, 11) is 0. The van der Waals surface area contributed by atoms with Gasteiger partial charge in [-0.2, -0.15) is 4.98 Å². The number of para-hydroxylation sites is 1. The minimum Gasteiger partial charge on any atom is -0.508 e. The van der Waals surface area contributed by atoms with E-state index in [9.17, 15) is 9.90 Å². The molecule has 0 bridgehead atoms. The van der Waals surface area contributed by atoms with Crippen molar-refractivity contribution in [2.45, 2.75) is 44.6 Å². The van der Waals surface area contributed by atoms with Crippen LogP contribution < -0.4 is 11.5 Å². The van der Waals surface area contributed by atoms with Gasteiger partial charge in [0.2, 0.25) is 11.8 Å². The highest BCUT2D eigenvalue weighted by Crippen LogP contribution is 2.36. The second-order valence-corrected chi connectivity index (χ2v) is 11.5. The summed E-state index contributed by atoms with van der Waals surface area (Å²) in [5.74, 6) is -0.514. The standard InChI is InChI=1S/C36H35N5O3/c1-22-16-28(42)17-23(2)30(22)20-36(38,35(37)43)31(19-27-21-39-32-11-7-6-10-29(27)32)34-40-33(41-44-34)18-24-12-14-26(15-13-24)25-8-4-3-5-9-25/h3-17,21,31,39,42H,18-20,38H2,1-2H3,(H2,37,43)/t31-,36?/m1/s1.